The fraction of sp³-hybridized carbons (Fsp3) is 0.355. The number of allylic oxidation sites excluding steroid dienone is 4. The summed E-state index contributed by atoms with van der Waals surface area (Å²) in [6.07, 6.45) is 33.2. The number of carbonyl (C=O) groups is 1. The van der Waals surface area contributed by atoms with Gasteiger partial charge in [0.15, 0.2) is 5.78 Å². The Morgan fingerprint density at radius 3 is 1.24 bits per heavy atom. The molecule has 12 heteroatoms. The average Bonchev–Trinajstić information content (AvgIpc) is 3.48. The molecule has 6 aromatic rings. The number of benzene rings is 6. The largest absolute Gasteiger partial charge is 0.488 e. The molecule has 6 nitrogen and oxygen atoms in total. The fourth-order valence-corrected chi connectivity index (χ4v) is 11.3. The quantitative estimate of drug-likeness (QED) is 0.101. The van der Waals surface area contributed by atoms with Crippen molar-refractivity contribution in [3.05, 3.63) is 238 Å². The van der Waals surface area contributed by atoms with Gasteiger partial charge in [0.1, 0.15) is 0 Å². The maximum absolute atomic E-state index is 11.0. The molecule has 0 fully saturated rings. The molecule has 0 bridgehead atoms. The van der Waals surface area contributed by atoms with Gasteiger partial charge in [-0.25, -0.2) is 0 Å². The monoisotopic (exact) mass is 1370 g/mol. The number of fused-ring (bicyclic) bond motifs is 6. The first-order valence-electron chi connectivity index (χ1n) is 31.3. The maximum Gasteiger partial charge on any atom is 0.488 e. The van der Waals surface area contributed by atoms with Gasteiger partial charge >= 0.3 is 7.12 Å². The van der Waals surface area contributed by atoms with Crippen LogP contribution in [0.1, 0.15) is 146 Å². The number of nitrogens with one attached hydrogen (secondary N) is 1. The van der Waals surface area contributed by atoms with Gasteiger partial charge in [-0.2, -0.15) is 0 Å². The van der Waals surface area contributed by atoms with Crippen molar-refractivity contribution < 1.29 is 14.8 Å². The molecular formula is C76H97BBr2Cl3N3O3. The topological polar surface area (TPSA) is 98.8 Å². The van der Waals surface area contributed by atoms with Crippen LogP contribution >= 0.6 is 66.7 Å². The minimum absolute atomic E-state index is 0.0485. The predicted molar refractivity (Wildman–Crippen MR) is 397 cm³/mol. The summed E-state index contributed by atoms with van der Waals surface area (Å²) in [6, 6.07) is 38.6. The smallest absolute Gasteiger partial charge is 0.423 e. The van der Waals surface area contributed by atoms with Crippen LogP contribution in [0.2, 0.25) is 0 Å². The van der Waals surface area contributed by atoms with Crippen LogP contribution in [0.4, 0.5) is 0 Å². The number of likely N-dealkylation sites (N-methyl/N-ethyl adjacent to an activating group) is 1. The van der Waals surface area contributed by atoms with Crippen molar-refractivity contribution in [2.75, 3.05) is 28.2 Å². The molecule has 5 N–H and O–H groups in total. The Balaban J connectivity index is 0.000000269. The molecule has 0 aliphatic heterocycles. The predicted octanol–water partition coefficient (Wildman–Crippen LogP) is 18.0. The second-order valence-electron chi connectivity index (χ2n) is 21.2. The SMILES string of the molecule is CC.CC.CC.CCc1ccc2c(c1)C=CC(Cl)C2.CCc1ccc2c(c1)C=CC(N(C)C)C2.CCc1ccc2c(c1)C=CC(N)C2.CNC.ClC1C=Cc2cc(Br)ccc2C1.O=C1C=Cc2cc(Br)ccc2C1.OB(O)c1ccc2c(c1)C=CC(Cl)C2. The third-order valence-corrected chi connectivity index (χ3v) is 16.5. The zero-order valence-electron chi connectivity index (χ0n) is 54.4. The number of ketones is 1. The molecule has 0 spiro atoms. The van der Waals surface area contributed by atoms with Gasteiger partial charge in [0.25, 0.3) is 0 Å². The number of rotatable bonds is 5. The highest BCUT2D eigenvalue weighted by atomic mass is 79.9. The molecule has 12 rings (SSSR count). The summed E-state index contributed by atoms with van der Waals surface area (Å²) in [6.45, 7) is 18.6. The van der Waals surface area contributed by atoms with Crippen molar-refractivity contribution in [1.29, 1.82) is 0 Å². The summed E-state index contributed by atoms with van der Waals surface area (Å²) in [7, 11) is 6.63. The number of carbonyl (C=O) groups excluding carboxylic acids is 1. The minimum Gasteiger partial charge on any atom is -0.423 e. The molecular weight excluding hydrogens is 1280 g/mol. The Bertz CT molecular complexity index is 3210. The lowest BCUT2D eigenvalue weighted by molar-refractivity contribution is -0.114. The van der Waals surface area contributed by atoms with Gasteiger partial charge in [-0.1, -0.05) is 246 Å². The van der Waals surface area contributed by atoms with E-state index in [0.29, 0.717) is 17.9 Å². The Morgan fingerprint density at radius 2 is 0.818 bits per heavy atom. The molecule has 88 heavy (non-hydrogen) atoms. The molecule has 5 atom stereocenters. The Hall–Kier alpha value is -4.88. The Kier molecular flexibility index (Phi) is 37.1. The molecule has 0 radical (unpaired) electrons. The summed E-state index contributed by atoms with van der Waals surface area (Å²) < 4.78 is 2.18. The minimum atomic E-state index is -1.40. The van der Waals surface area contributed by atoms with E-state index in [9.17, 15) is 4.79 Å². The van der Waals surface area contributed by atoms with Crippen LogP contribution in [0, 0.1) is 0 Å². The van der Waals surface area contributed by atoms with Crippen molar-refractivity contribution in [3.63, 3.8) is 0 Å². The summed E-state index contributed by atoms with van der Waals surface area (Å²) >= 11 is 24.8. The first-order valence-corrected chi connectivity index (χ1v) is 34.2. The van der Waals surface area contributed by atoms with E-state index in [4.69, 9.17) is 50.6 Å². The number of nitrogens with zero attached hydrogens (tertiary/aromatic N) is 1. The van der Waals surface area contributed by atoms with Crippen LogP contribution < -0.4 is 16.5 Å². The fourth-order valence-electron chi connectivity index (χ4n) is 9.82. The summed E-state index contributed by atoms with van der Waals surface area (Å²) in [5, 5.41) is 21.1. The van der Waals surface area contributed by atoms with Crippen molar-refractivity contribution in [2.24, 2.45) is 5.73 Å². The summed E-state index contributed by atoms with van der Waals surface area (Å²) in [5.74, 6) is 0.185. The second kappa shape index (κ2) is 42.2. The van der Waals surface area contributed by atoms with Gasteiger partial charge in [0.05, 0.1) is 16.1 Å². The van der Waals surface area contributed by atoms with Gasteiger partial charge in [0.2, 0.25) is 0 Å². The van der Waals surface area contributed by atoms with E-state index in [-0.39, 0.29) is 28.0 Å². The molecule has 0 heterocycles. The van der Waals surface area contributed by atoms with Crippen LogP contribution in [0.15, 0.2) is 155 Å². The molecule has 0 saturated heterocycles. The molecule has 6 aliphatic carbocycles. The third kappa shape index (κ3) is 26.2. The first kappa shape index (κ1) is 77.4. The number of halogens is 5. The number of nitrogens with two attached hydrogens (primary N) is 1. The lowest BCUT2D eigenvalue weighted by Crippen LogP contribution is -2.30. The second-order valence-corrected chi connectivity index (χ2v) is 24.7. The van der Waals surface area contributed by atoms with E-state index in [1.165, 1.54) is 61.2 Å². The van der Waals surface area contributed by atoms with E-state index in [1.807, 2.05) is 104 Å². The van der Waals surface area contributed by atoms with Crippen molar-refractivity contribution in [2.45, 2.75) is 148 Å². The lowest BCUT2D eigenvalue weighted by atomic mass is 9.78. The standard InChI is InChI=1S/C14H19N.C12H13Cl.C12H15N.C10H10BClO2.C10H8BrCl.C10H7BrO.C2H7N.3C2H6/c1-4-11-5-6-13-10-14(15(2)3)8-7-12(13)9-11;2*1-2-9-3-4-11-8-12(13)6-5-10(11)7-9;12-10-4-2-7-5-9(11(13)14)3-1-8(7)6-10;2*11-9-3-1-8-6-10(12)4-2-7(8)5-9;1-3-2;3*1-2/h5-9,14H,4,10H2,1-3H3;3-7,12H,2,8H2,1H3;3-7,12H,2,8,13H2,1H3;1-5,10,13-14H,6H2;1-5,10H,6H2;1-5H,6H2;3H,1-2H3;3*1-2H3. The normalized spacial score (nSPS) is 17.5. The summed E-state index contributed by atoms with van der Waals surface area (Å²) in [4.78, 5) is 13.3. The van der Waals surface area contributed by atoms with Crippen LogP contribution in [0.3, 0.4) is 0 Å². The number of alkyl halides is 3. The van der Waals surface area contributed by atoms with Crippen LogP contribution in [0.5, 0.6) is 0 Å². The maximum atomic E-state index is 11.0. The highest BCUT2D eigenvalue weighted by molar-refractivity contribution is 9.10. The Morgan fingerprint density at radius 1 is 0.477 bits per heavy atom. The van der Waals surface area contributed by atoms with Crippen molar-refractivity contribution >= 4 is 121 Å². The molecule has 5 unspecified atom stereocenters. The molecule has 472 valence electrons. The van der Waals surface area contributed by atoms with Gasteiger partial charge in [-0.15, -0.1) is 34.8 Å². The number of hydrogen-bond donors (Lipinski definition) is 4. The van der Waals surface area contributed by atoms with Gasteiger partial charge in [0, 0.05) is 27.4 Å². The molecule has 0 amide bonds. The molecule has 0 aromatic heterocycles. The van der Waals surface area contributed by atoms with Gasteiger partial charge in [-0.3, -0.25) is 4.79 Å². The van der Waals surface area contributed by atoms with E-state index < -0.39 is 7.12 Å². The summed E-state index contributed by atoms with van der Waals surface area (Å²) in [5.41, 5.74) is 26.0. The lowest BCUT2D eigenvalue weighted by Gasteiger charge is -2.25. The van der Waals surface area contributed by atoms with E-state index in [0.717, 1.165) is 82.6 Å². The average molecular weight is 1380 g/mol. The van der Waals surface area contributed by atoms with Gasteiger partial charge < -0.3 is 26.0 Å². The van der Waals surface area contributed by atoms with Gasteiger partial charge in [-0.05, 0) is 199 Å². The van der Waals surface area contributed by atoms with Crippen LogP contribution in [-0.4, -0.2) is 84.3 Å². The molecule has 6 aliphatic rings. The zero-order valence-corrected chi connectivity index (χ0v) is 59.8. The highest BCUT2D eigenvalue weighted by Gasteiger charge is 2.18. The molecule has 0 saturated carbocycles. The first-order chi connectivity index (χ1) is 42.4. The van der Waals surface area contributed by atoms with E-state index in [1.54, 1.807) is 18.2 Å². The van der Waals surface area contributed by atoms with Crippen molar-refractivity contribution in [3.8, 4) is 0 Å². The zero-order chi connectivity index (χ0) is 65.3. The number of aryl methyl sites for hydroxylation is 3. The van der Waals surface area contributed by atoms with E-state index in [2.05, 4.69) is 192 Å². The van der Waals surface area contributed by atoms with Crippen LogP contribution in [-0.2, 0) is 62.6 Å². The highest BCUT2D eigenvalue weighted by Crippen LogP contribution is 2.28. The van der Waals surface area contributed by atoms with Crippen molar-refractivity contribution in [1.82, 2.24) is 10.2 Å². The molecule has 6 aromatic carbocycles. The van der Waals surface area contributed by atoms with Crippen LogP contribution in [0.25, 0.3) is 36.5 Å². The van der Waals surface area contributed by atoms with E-state index >= 15 is 0 Å². The number of hydrogen-bond acceptors (Lipinski definition) is 6. The third-order valence-electron chi connectivity index (χ3n) is 14.6. The Labute approximate surface area is 562 Å².